The monoisotopic (exact) mass is 701 g/mol. The van der Waals surface area contributed by atoms with Crippen LogP contribution in [0.5, 0.6) is 23.0 Å². The molecular weight excluding hydrogens is 667 g/mol. The first-order chi connectivity index (χ1) is 24.9. The second-order valence-electron chi connectivity index (χ2n) is 11.2. The van der Waals surface area contributed by atoms with Gasteiger partial charge in [0.2, 0.25) is 5.91 Å². The third-order valence-corrected chi connectivity index (χ3v) is 9.04. The van der Waals surface area contributed by atoms with Gasteiger partial charge in [-0.05, 0) is 66.2 Å². The van der Waals surface area contributed by atoms with Gasteiger partial charge in [-0.15, -0.1) is 11.8 Å². The summed E-state index contributed by atoms with van der Waals surface area (Å²) in [5.74, 6) is 0.895. The van der Waals surface area contributed by atoms with Gasteiger partial charge in [0.1, 0.15) is 24.2 Å². The minimum absolute atomic E-state index is 0.00573. The molecule has 0 aliphatic carbocycles. The van der Waals surface area contributed by atoms with E-state index in [1.165, 1.54) is 32.1 Å². The number of nitrogens with one attached hydrogen (secondary N) is 3. The molecule has 0 fully saturated rings. The Balaban J connectivity index is 1.20. The number of rotatable bonds is 12. The molecule has 1 atom stereocenters. The quantitative estimate of drug-likeness (QED) is 0.0911. The van der Waals surface area contributed by atoms with Gasteiger partial charge in [0.15, 0.2) is 23.0 Å². The SMILES string of the molecule is COc1cccc(/C=C(\NC(=O)c2ccccc2)C(=O)Nc2ccc(SC(C(=O)Nc3ccc4c(c3)OCCO4)c3ccccc3)cc2)c1OC. The van der Waals surface area contributed by atoms with Crippen LogP contribution in [0.4, 0.5) is 11.4 Å². The number of ether oxygens (including phenoxy) is 4. The number of amides is 3. The summed E-state index contributed by atoms with van der Waals surface area (Å²) < 4.78 is 22.3. The Labute approximate surface area is 299 Å². The smallest absolute Gasteiger partial charge is 0.272 e. The molecule has 258 valence electrons. The van der Waals surface area contributed by atoms with Crippen molar-refractivity contribution >= 4 is 46.9 Å². The summed E-state index contributed by atoms with van der Waals surface area (Å²) in [6.45, 7) is 0.926. The summed E-state index contributed by atoms with van der Waals surface area (Å²) in [5, 5.41) is 8.05. The third kappa shape index (κ3) is 8.70. The molecule has 5 aromatic carbocycles. The van der Waals surface area contributed by atoms with Crippen molar-refractivity contribution in [2.24, 2.45) is 0 Å². The van der Waals surface area contributed by atoms with E-state index in [-0.39, 0.29) is 11.6 Å². The standard InChI is InChI=1S/C40H35N3O7S/c1-47-34-15-9-14-28(36(34)48-2)24-32(43-38(44)27-12-7-4-8-13-27)39(45)41-29-16-19-31(20-17-29)51-37(26-10-5-3-6-11-26)40(46)42-30-18-21-33-35(25-30)50-23-22-49-33/h3-21,24-25,37H,22-23H2,1-2H3,(H,41,45)(H,42,46)(H,43,44)/b32-24-. The average molecular weight is 702 g/mol. The minimum atomic E-state index is -0.583. The molecule has 1 aliphatic rings. The second-order valence-corrected chi connectivity index (χ2v) is 12.4. The van der Waals surface area contributed by atoms with Gasteiger partial charge in [0, 0.05) is 33.5 Å². The second kappa shape index (κ2) is 16.5. The summed E-state index contributed by atoms with van der Waals surface area (Å²) in [4.78, 5) is 41.3. The van der Waals surface area contributed by atoms with Gasteiger partial charge in [-0.25, -0.2) is 0 Å². The number of anilines is 2. The lowest BCUT2D eigenvalue weighted by atomic mass is 10.1. The van der Waals surface area contributed by atoms with Crippen LogP contribution < -0.4 is 34.9 Å². The molecule has 5 aromatic rings. The maximum Gasteiger partial charge on any atom is 0.272 e. The lowest BCUT2D eigenvalue weighted by Gasteiger charge is -2.20. The zero-order chi connectivity index (χ0) is 35.6. The van der Waals surface area contributed by atoms with Crippen LogP contribution in [-0.4, -0.2) is 45.2 Å². The Morgan fingerprint density at radius 3 is 2.12 bits per heavy atom. The van der Waals surface area contributed by atoms with Gasteiger partial charge in [-0.1, -0.05) is 60.7 Å². The fourth-order valence-corrected chi connectivity index (χ4v) is 6.33. The highest BCUT2D eigenvalue weighted by Gasteiger charge is 2.24. The number of para-hydroxylation sites is 1. The van der Waals surface area contributed by atoms with E-state index in [9.17, 15) is 14.4 Å². The molecule has 3 N–H and O–H groups in total. The first-order valence-corrected chi connectivity index (χ1v) is 16.9. The van der Waals surface area contributed by atoms with Gasteiger partial charge in [-0.2, -0.15) is 0 Å². The zero-order valence-electron chi connectivity index (χ0n) is 27.9. The lowest BCUT2D eigenvalue weighted by Crippen LogP contribution is -2.30. The van der Waals surface area contributed by atoms with E-state index in [0.29, 0.717) is 58.7 Å². The largest absolute Gasteiger partial charge is 0.493 e. The Morgan fingerprint density at radius 2 is 1.41 bits per heavy atom. The summed E-state index contributed by atoms with van der Waals surface area (Å²) in [6, 6.07) is 35.8. The number of methoxy groups -OCH3 is 2. The fourth-order valence-electron chi connectivity index (χ4n) is 5.30. The maximum atomic E-state index is 13.7. The highest BCUT2D eigenvalue weighted by molar-refractivity contribution is 8.00. The number of fused-ring (bicyclic) bond motifs is 1. The Kier molecular flexibility index (Phi) is 11.2. The molecule has 0 spiro atoms. The molecule has 0 saturated carbocycles. The van der Waals surface area contributed by atoms with E-state index in [1.54, 1.807) is 78.9 Å². The third-order valence-electron chi connectivity index (χ3n) is 7.78. The van der Waals surface area contributed by atoms with E-state index in [2.05, 4.69) is 16.0 Å². The molecule has 0 bridgehead atoms. The maximum absolute atomic E-state index is 13.7. The zero-order valence-corrected chi connectivity index (χ0v) is 28.7. The van der Waals surface area contributed by atoms with Crippen molar-refractivity contribution in [1.82, 2.24) is 5.32 Å². The Bertz CT molecular complexity index is 2040. The molecule has 1 heterocycles. The van der Waals surface area contributed by atoms with Crippen molar-refractivity contribution in [3.8, 4) is 23.0 Å². The van der Waals surface area contributed by atoms with Crippen LogP contribution in [0.1, 0.15) is 26.7 Å². The topological polar surface area (TPSA) is 124 Å². The van der Waals surface area contributed by atoms with Crippen LogP contribution in [0.25, 0.3) is 6.08 Å². The number of hydrogen-bond acceptors (Lipinski definition) is 8. The molecule has 3 amide bonds. The van der Waals surface area contributed by atoms with Crippen LogP contribution in [0.15, 0.2) is 132 Å². The summed E-state index contributed by atoms with van der Waals surface area (Å²) >= 11 is 1.37. The summed E-state index contributed by atoms with van der Waals surface area (Å²) in [7, 11) is 3.02. The minimum Gasteiger partial charge on any atom is -0.493 e. The van der Waals surface area contributed by atoms with Crippen molar-refractivity contribution in [2.45, 2.75) is 10.1 Å². The number of carbonyl (C=O) groups is 3. The number of hydrogen-bond donors (Lipinski definition) is 3. The van der Waals surface area contributed by atoms with Gasteiger partial charge >= 0.3 is 0 Å². The molecular formula is C40H35N3O7S. The molecule has 51 heavy (non-hydrogen) atoms. The molecule has 10 nitrogen and oxygen atoms in total. The number of carbonyl (C=O) groups excluding carboxylic acids is 3. The van der Waals surface area contributed by atoms with E-state index in [4.69, 9.17) is 18.9 Å². The first-order valence-electron chi connectivity index (χ1n) is 16.0. The van der Waals surface area contributed by atoms with Gasteiger partial charge < -0.3 is 34.9 Å². The van der Waals surface area contributed by atoms with Crippen molar-refractivity contribution in [2.75, 3.05) is 38.1 Å². The van der Waals surface area contributed by atoms with Crippen LogP contribution in [0.2, 0.25) is 0 Å². The summed E-state index contributed by atoms with van der Waals surface area (Å²) in [5.41, 5.74) is 2.82. The first kappa shape index (κ1) is 34.7. The van der Waals surface area contributed by atoms with Crippen LogP contribution in [0, 0.1) is 0 Å². The molecule has 0 saturated heterocycles. The number of thioether (sulfide) groups is 1. The molecule has 11 heteroatoms. The Hall–Kier alpha value is -6.20. The molecule has 1 aliphatic heterocycles. The average Bonchev–Trinajstić information content (AvgIpc) is 3.17. The predicted octanol–water partition coefficient (Wildman–Crippen LogP) is 7.36. The van der Waals surface area contributed by atoms with E-state index in [0.717, 1.165) is 10.5 Å². The van der Waals surface area contributed by atoms with E-state index < -0.39 is 17.1 Å². The van der Waals surface area contributed by atoms with Crippen molar-refractivity contribution in [1.29, 1.82) is 0 Å². The molecule has 0 radical (unpaired) electrons. The van der Waals surface area contributed by atoms with Crippen LogP contribution >= 0.6 is 11.8 Å². The van der Waals surface area contributed by atoms with Gasteiger partial charge in [0.05, 0.1) is 14.2 Å². The summed E-state index contributed by atoms with van der Waals surface area (Å²) in [6.07, 6.45) is 1.53. The van der Waals surface area contributed by atoms with Crippen LogP contribution in [-0.2, 0) is 9.59 Å². The molecule has 1 unspecified atom stereocenters. The molecule has 0 aromatic heterocycles. The fraction of sp³-hybridized carbons (Fsp3) is 0.125. The van der Waals surface area contributed by atoms with Crippen molar-refractivity contribution in [3.63, 3.8) is 0 Å². The highest BCUT2D eigenvalue weighted by atomic mass is 32.2. The lowest BCUT2D eigenvalue weighted by molar-refractivity contribution is -0.116. The van der Waals surface area contributed by atoms with E-state index >= 15 is 0 Å². The predicted molar refractivity (Wildman–Crippen MR) is 198 cm³/mol. The van der Waals surface area contributed by atoms with Gasteiger partial charge in [0.25, 0.3) is 11.8 Å². The Morgan fingerprint density at radius 1 is 0.725 bits per heavy atom. The normalized spacial score (nSPS) is 12.6. The van der Waals surface area contributed by atoms with Gasteiger partial charge in [-0.3, -0.25) is 14.4 Å². The van der Waals surface area contributed by atoms with E-state index in [1.807, 2.05) is 42.5 Å². The molecule has 6 rings (SSSR count). The number of benzene rings is 5. The van der Waals surface area contributed by atoms with Crippen LogP contribution in [0.3, 0.4) is 0 Å². The van der Waals surface area contributed by atoms with Crippen molar-refractivity contribution in [3.05, 3.63) is 144 Å². The highest BCUT2D eigenvalue weighted by Crippen LogP contribution is 2.38. The van der Waals surface area contributed by atoms with Crippen molar-refractivity contribution < 1.29 is 33.3 Å².